The highest BCUT2D eigenvalue weighted by Crippen LogP contribution is 2.54. The number of benzene rings is 10. The summed E-state index contributed by atoms with van der Waals surface area (Å²) in [5.41, 5.74) is 16.4. The molecule has 13 rings (SSSR count). The molecule has 276 valence electrons. The van der Waals surface area contributed by atoms with Gasteiger partial charge in [0.2, 0.25) is 0 Å². The first kappa shape index (κ1) is 32.6. The van der Waals surface area contributed by atoms with Crippen LogP contribution in [-0.2, 0) is 5.41 Å². The van der Waals surface area contributed by atoms with Gasteiger partial charge in [0, 0.05) is 38.4 Å². The highest BCUT2D eigenvalue weighted by Gasteiger charge is 2.37. The van der Waals surface area contributed by atoms with Crippen molar-refractivity contribution in [1.82, 2.24) is 0 Å². The zero-order valence-electron chi connectivity index (χ0n) is 32.6. The van der Waals surface area contributed by atoms with Crippen molar-refractivity contribution in [3.05, 3.63) is 193 Å². The van der Waals surface area contributed by atoms with Crippen molar-refractivity contribution in [2.45, 2.75) is 19.3 Å². The zero-order valence-corrected chi connectivity index (χ0v) is 32.6. The molecule has 0 unspecified atom stereocenters. The number of para-hydroxylation sites is 1. The molecule has 1 aliphatic carbocycles. The van der Waals surface area contributed by atoms with E-state index in [-0.39, 0.29) is 5.41 Å². The number of furan rings is 2. The largest absolute Gasteiger partial charge is 0.456 e. The molecule has 0 N–H and O–H groups in total. The van der Waals surface area contributed by atoms with Crippen molar-refractivity contribution in [1.29, 1.82) is 0 Å². The molecular weight excluding hydrogens is 717 g/mol. The minimum atomic E-state index is -0.0656. The minimum absolute atomic E-state index is 0.0656. The molecule has 0 spiro atoms. The molecule has 0 bridgehead atoms. The van der Waals surface area contributed by atoms with Crippen LogP contribution in [-0.4, -0.2) is 0 Å². The van der Waals surface area contributed by atoms with Crippen LogP contribution in [0, 0.1) is 0 Å². The maximum atomic E-state index is 6.57. The van der Waals surface area contributed by atoms with Crippen LogP contribution in [0.4, 0.5) is 0 Å². The van der Waals surface area contributed by atoms with E-state index in [2.05, 4.69) is 178 Å². The van der Waals surface area contributed by atoms with Crippen molar-refractivity contribution in [3.8, 4) is 44.5 Å². The second-order valence-electron chi connectivity index (χ2n) is 16.7. The monoisotopic (exact) mass is 752 g/mol. The van der Waals surface area contributed by atoms with E-state index in [1.54, 1.807) is 0 Å². The van der Waals surface area contributed by atoms with Crippen LogP contribution in [0.5, 0.6) is 0 Å². The molecule has 2 heterocycles. The molecule has 12 aromatic rings. The fraction of sp³-hybridized carbons (Fsp3) is 0.0526. The Morgan fingerprint density at radius 1 is 0.322 bits per heavy atom. The van der Waals surface area contributed by atoms with Crippen molar-refractivity contribution in [3.63, 3.8) is 0 Å². The lowest BCUT2D eigenvalue weighted by Crippen LogP contribution is -2.14. The Morgan fingerprint density at radius 3 is 1.68 bits per heavy atom. The van der Waals surface area contributed by atoms with Crippen LogP contribution in [0.15, 0.2) is 191 Å². The highest BCUT2D eigenvalue weighted by molar-refractivity contribution is 6.23. The van der Waals surface area contributed by atoms with Gasteiger partial charge in [-0.05, 0) is 113 Å². The van der Waals surface area contributed by atoms with Crippen molar-refractivity contribution in [2.75, 3.05) is 0 Å². The second-order valence-corrected chi connectivity index (χ2v) is 16.7. The highest BCUT2D eigenvalue weighted by atomic mass is 16.3. The third-order valence-corrected chi connectivity index (χ3v) is 13.3. The van der Waals surface area contributed by atoms with E-state index < -0.39 is 0 Å². The molecule has 2 nitrogen and oxygen atoms in total. The number of hydrogen-bond donors (Lipinski definition) is 0. The van der Waals surface area contributed by atoms with E-state index in [1.807, 2.05) is 18.2 Å². The standard InChI is InChI=1S/C57H36O2/c1-57(2)48-19-9-7-17-44(48)55-45(18-11-20-49(55)57)54-41-15-5-3-13-39(41)53(40-14-4-6-16-42(40)54)34-24-22-33(23-25-34)35-26-28-37-36(30-35)27-29-43-47-31-46-38-12-8-10-21-50(38)58-51(46)32-52(47)59-56(37)43/h3-32H,1-2H3. The summed E-state index contributed by atoms with van der Waals surface area (Å²) in [7, 11) is 0. The van der Waals surface area contributed by atoms with Gasteiger partial charge in [0.15, 0.2) is 0 Å². The van der Waals surface area contributed by atoms with E-state index >= 15 is 0 Å². The van der Waals surface area contributed by atoms with Crippen molar-refractivity contribution >= 4 is 76.2 Å². The summed E-state index contributed by atoms with van der Waals surface area (Å²) >= 11 is 0. The average Bonchev–Trinajstić information content (AvgIpc) is 3.91. The summed E-state index contributed by atoms with van der Waals surface area (Å²) in [4.78, 5) is 0. The number of hydrogen-bond acceptors (Lipinski definition) is 2. The molecule has 0 radical (unpaired) electrons. The third kappa shape index (κ3) is 4.52. The summed E-state index contributed by atoms with van der Waals surface area (Å²) in [5.74, 6) is 0. The maximum Gasteiger partial charge on any atom is 0.143 e. The molecule has 2 heteroatoms. The van der Waals surface area contributed by atoms with Gasteiger partial charge in [-0.15, -0.1) is 0 Å². The van der Waals surface area contributed by atoms with Gasteiger partial charge in [0.1, 0.15) is 22.3 Å². The van der Waals surface area contributed by atoms with E-state index in [4.69, 9.17) is 8.83 Å². The van der Waals surface area contributed by atoms with Gasteiger partial charge in [-0.25, -0.2) is 0 Å². The Balaban J connectivity index is 0.930. The van der Waals surface area contributed by atoms with Gasteiger partial charge < -0.3 is 8.83 Å². The second kappa shape index (κ2) is 11.8. The molecular formula is C57H36O2. The van der Waals surface area contributed by atoms with Crippen LogP contribution < -0.4 is 0 Å². The molecule has 2 aromatic heterocycles. The topological polar surface area (TPSA) is 26.3 Å². The maximum absolute atomic E-state index is 6.57. The summed E-state index contributed by atoms with van der Waals surface area (Å²) in [6.07, 6.45) is 0. The zero-order chi connectivity index (χ0) is 39.0. The van der Waals surface area contributed by atoms with Gasteiger partial charge in [-0.1, -0.05) is 159 Å². The minimum Gasteiger partial charge on any atom is -0.456 e. The van der Waals surface area contributed by atoms with Gasteiger partial charge in [-0.3, -0.25) is 0 Å². The molecule has 0 atom stereocenters. The summed E-state index contributed by atoms with van der Waals surface area (Å²) in [6.45, 7) is 4.73. The average molecular weight is 753 g/mol. The molecule has 59 heavy (non-hydrogen) atoms. The molecule has 0 aliphatic heterocycles. The van der Waals surface area contributed by atoms with Crippen LogP contribution in [0.25, 0.3) is 121 Å². The van der Waals surface area contributed by atoms with Crippen LogP contribution >= 0.6 is 0 Å². The van der Waals surface area contributed by atoms with Crippen LogP contribution in [0.2, 0.25) is 0 Å². The quantitative estimate of drug-likeness (QED) is 0.168. The molecule has 10 aromatic carbocycles. The van der Waals surface area contributed by atoms with E-state index in [1.165, 1.54) is 77.2 Å². The lowest BCUT2D eigenvalue weighted by Gasteiger charge is -2.22. The van der Waals surface area contributed by atoms with Gasteiger partial charge in [0.25, 0.3) is 0 Å². The van der Waals surface area contributed by atoms with Gasteiger partial charge >= 0.3 is 0 Å². The van der Waals surface area contributed by atoms with Crippen LogP contribution in [0.3, 0.4) is 0 Å². The van der Waals surface area contributed by atoms with Crippen LogP contribution in [0.1, 0.15) is 25.0 Å². The van der Waals surface area contributed by atoms with Gasteiger partial charge in [-0.2, -0.15) is 0 Å². The SMILES string of the molecule is CC1(C)c2ccccc2-c2c(-c3c4ccccc4c(-c4ccc(-c5ccc6c(ccc7c8cc9c(cc8oc67)oc6ccccc69)c5)cc4)c4ccccc34)cccc21. The first-order valence-corrected chi connectivity index (χ1v) is 20.5. The van der Waals surface area contributed by atoms with E-state index in [9.17, 15) is 0 Å². The van der Waals surface area contributed by atoms with Crippen molar-refractivity contribution in [2.24, 2.45) is 0 Å². The normalized spacial score (nSPS) is 13.4. The lowest BCUT2D eigenvalue weighted by atomic mass is 9.80. The fourth-order valence-corrected chi connectivity index (χ4v) is 10.5. The van der Waals surface area contributed by atoms with E-state index in [0.29, 0.717) is 0 Å². The predicted octanol–water partition coefficient (Wildman–Crippen LogP) is 16.3. The molecule has 0 amide bonds. The molecule has 1 aliphatic rings. The number of rotatable bonds is 3. The summed E-state index contributed by atoms with van der Waals surface area (Å²) in [6, 6.07) is 66.6. The molecule has 0 saturated carbocycles. The fourth-order valence-electron chi connectivity index (χ4n) is 10.5. The first-order valence-electron chi connectivity index (χ1n) is 20.5. The molecule has 0 fully saturated rings. The number of fused-ring (bicyclic) bond motifs is 13. The Kier molecular flexibility index (Phi) is 6.54. The molecule has 0 saturated heterocycles. The van der Waals surface area contributed by atoms with E-state index in [0.717, 1.165) is 54.6 Å². The Labute approximate surface area is 340 Å². The smallest absolute Gasteiger partial charge is 0.143 e. The Morgan fingerprint density at radius 2 is 0.898 bits per heavy atom. The first-order chi connectivity index (χ1) is 29.0. The summed E-state index contributed by atoms with van der Waals surface area (Å²) in [5, 5.41) is 11.8. The van der Waals surface area contributed by atoms with Gasteiger partial charge in [0.05, 0.1) is 0 Å². The van der Waals surface area contributed by atoms with Crippen molar-refractivity contribution < 1.29 is 8.83 Å². The predicted molar refractivity (Wildman–Crippen MR) is 247 cm³/mol. The third-order valence-electron chi connectivity index (χ3n) is 13.3. The summed E-state index contributed by atoms with van der Waals surface area (Å²) < 4.78 is 12.8. The Hall–Kier alpha value is -7.42. The Bertz CT molecular complexity index is 3690. The lowest BCUT2D eigenvalue weighted by molar-refractivity contribution is 0.658.